The number of hydrogen-bond donors (Lipinski definition) is 6. The molecule has 48 heavy (non-hydrogen) atoms. The van der Waals surface area contributed by atoms with Gasteiger partial charge in [-0.2, -0.15) is 0 Å². The maximum Gasteiger partial charge on any atom is 0.284 e. The fraction of sp³-hybridized carbons (Fsp3) is 0.103. The fourth-order valence-electron chi connectivity index (χ4n) is 3.76. The third-order valence-electron chi connectivity index (χ3n) is 6.44. The Balaban J connectivity index is 1.58. The highest BCUT2D eigenvalue weighted by Gasteiger charge is 2.23. The Morgan fingerprint density at radius 1 is 0.458 bits per heavy atom. The van der Waals surface area contributed by atoms with E-state index in [1.807, 2.05) is 30.8 Å². The Morgan fingerprint density at radius 3 is 1.02 bits per heavy atom. The van der Waals surface area contributed by atoms with Crippen molar-refractivity contribution in [1.82, 2.24) is 35.8 Å². The number of rotatable bonds is 12. The number of benzene rings is 3. The molecule has 19 heteroatoms. The van der Waals surface area contributed by atoms with Gasteiger partial charge in [0.25, 0.3) is 47.8 Å². The van der Waals surface area contributed by atoms with Gasteiger partial charge in [0.1, 0.15) is 11.4 Å². The van der Waals surface area contributed by atoms with Gasteiger partial charge in [-0.1, -0.05) is 53.1 Å². The molecule has 0 unspecified atom stereocenters. The lowest BCUT2D eigenvalue weighted by atomic mass is 10.1. The van der Waals surface area contributed by atoms with E-state index in [1.165, 1.54) is 72.8 Å². The first kappa shape index (κ1) is 35.8. The maximum atomic E-state index is 13.0. The van der Waals surface area contributed by atoms with Gasteiger partial charge >= 0.3 is 0 Å². The standard InChI is InChI=1S/C29H29N7O9S3/c1-18-4-10-22(11-5-18)46(40,41)34-31-27(37)21-16-25(28(38)32-35-47(42,43)23-12-6-19(2)7-13-23)30-26(17-21)29(39)33-36-48(44,45)24-14-8-20(3)9-15-24/h4-17,34-36H,1-3H3,(H,31,37)(H,32,38)(H,33,39). The predicted octanol–water partition coefficient (Wildman–Crippen LogP) is 0.877. The molecule has 0 aliphatic carbocycles. The third-order valence-corrected chi connectivity index (χ3v) is 10.2. The molecule has 0 aliphatic rings. The average molecular weight is 716 g/mol. The van der Waals surface area contributed by atoms with Crippen LogP contribution in [-0.2, 0) is 30.1 Å². The van der Waals surface area contributed by atoms with E-state index in [2.05, 4.69) is 4.98 Å². The van der Waals surface area contributed by atoms with Crippen molar-refractivity contribution in [2.75, 3.05) is 0 Å². The van der Waals surface area contributed by atoms with Crippen molar-refractivity contribution < 1.29 is 39.6 Å². The van der Waals surface area contributed by atoms with E-state index in [4.69, 9.17) is 0 Å². The minimum atomic E-state index is -4.26. The Kier molecular flexibility index (Phi) is 10.7. The second-order valence-electron chi connectivity index (χ2n) is 10.2. The molecule has 252 valence electrons. The SMILES string of the molecule is Cc1ccc(S(=O)(=O)NNC(=O)c2cc(C(=O)NNS(=O)(=O)c3ccc(C)cc3)nc(C(=O)NNS(=O)(=O)c3ccc(C)cc3)c2)cc1. The van der Waals surface area contributed by atoms with Crippen molar-refractivity contribution in [2.45, 2.75) is 35.5 Å². The van der Waals surface area contributed by atoms with Gasteiger partial charge in [-0.15, -0.1) is 14.5 Å². The first-order valence-corrected chi connectivity index (χ1v) is 18.1. The van der Waals surface area contributed by atoms with Gasteiger partial charge < -0.3 is 0 Å². The van der Waals surface area contributed by atoms with Crippen LogP contribution in [0.1, 0.15) is 48.0 Å². The van der Waals surface area contributed by atoms with Crippen LogP contribution in [0, 0.1) is 20.8 Å². The molecule has 0 fully saturated rings. The fourth-order valence-corrected chi connectivity index (χ4v) is 6.28. The van der Waals surface area contributed by atoms with E-state index in [9.17, 15) is 39.6 Å². The summed E-state index contributed by atoms with van der Waals surface area (Å²) in [4.78, 5) is 48.0. The summed E-state index contributed by atoms with van der Waals surface area (Å²) in [6, 6.07) is 18.7. The van der Waals surface area contributed by atoms with Crippen LogP contribution in [0.15, 0.2) is 99.6 Å². The summed E-state index contributed by atoms with van der Waals surface area (Å²) in [5, 5.41) is 0. The molecule has 0 bridgehead atoms. The van der Waals surface area contributed by atoms with Gasteiger partial charge in [-0.25, -0.2) is 30.2 Å². The minimum absolute atomic E-state index is 0.176. The number of sulfonamides is 3. The number of nitrogens with zero attached hydrogens (tertiary/aromatic N) is 1. The topological polar surface area (TPSA) is 239 Å². The Hall–Kier alpha value is -5.05. The number of aryl methyl sites for hydroxylation is 3. The van der Waals surface area contributed by atoms with Crippen LogP contribution in [0.5, 0.6) is 0 Å². The average Bonchev–Trinajstić information content (AvgIpc) is 3.05. The number of hydrazine groups is 3. The predicted molar refractivity (Wildman–Crippen MR) is 171 cm³/mol. The van der Waals surface area contributed by atoms with E-state index >= 15 is 0 Å². The summed E-state index contributed by atoms with van der Waals surface area (Å²) in [5.41, 5.74) is 6.31. The van der Waals surface area contributed by atoms with Crippen LogP contribution in [0.2, 0.25) is 0 Å². The number of carbonyl (C=O) groups is 3. The number of hydrogen-bond acceptors (Lipinski definition) is 10. The number of amides is 3. The Morgan fingerprint density at radius 2 is 0.729 bits per heavy atom. The van der Waals surface area contributed by atoms with Gasteiger partial charge in [0.2, 0.25) is 0 Å². The van der Waals surface area contributed by atoms with Crippen molar-refractivity contribution in [2.24, 2.45) is 0 Å². The van der Waals surface area contributed by atoms with Crippen LogP contribution < -0.4 is 30.8 Å². The highest BCUT2D eigenvalue weighted by Crippen LogP contribution is 2.13. The van der Waals surface area contributed by atoms with Crippen molar-refractivity contribution in [3.63, 3.8) is 0 Å². The zero-order valence-electron chi connectivity index (χ0n) is 25.4. The zero-order valence-corrected chi connectivity index (χ0v) is 27.9. The summed E-state index contributed by atoms with van der Waals surface area (Å²) >= 11 is 0. The van der Waals surface area contributed by atoms with Crippen molar-refractivity contribution >= 4 is 47.8 Å². The van der Waals surface area contributed by atoms with Crippen LogP contribution in [0.25, 0.3) is 0 Å². The molecule has 6 N–H and O–H groups in total. The van der Waals surface area contributed by atoms with E-state index in [1.54, 1.807) is 20.8 Å². The van der Waals surface area contributed by atoms with E-state index in [-0.39, 0.29) is 14.7 Å². The molecule has 0 radical (unpaired) electrons. The molecule has 1 aromatic heterocycles. The first-order valence-electron chi connectivity index (χ1n) is 13.7. The minimum Gasteiger partial charge on any atom is -0.273 e. The van der Waals surface area contributed by atoms with Crippen LogP contribution in [-0.4, -0.2) is 48.0 Å². The summed E-state index contributed by atoms with van der Waals surface area (Å²) < 4.78 is 75.9. The van der Waals surface area contributed by atoms with Crippen molar-refractivity contribution in [3.05, 3.63) is 119 Å². The van der Waals surface area contributed by atoms with E-state index in [0.29, 0.717) is 0 Å². The second kappa shape index (κ2) is 14.4. The monoisotopic (exact) mass is 715 g/mol. The molecule has 1 heterocycles. The van der Waals surface area contributed by atoms with E-state index in [0.717, 1.165) is 28.8 Å². The molecule has 0 atom stereocenters. The van der Waals surface area contributed by atoms with Crippen LogP contribution >= 0.6 is 0 Å². The number of pyridine rings is 1. The molecule has 0 saturated carbocycles. The second-order valence-corrected chi connectivity index (χ2v) is 15.3. The molecule has 0 spiro atoms. The van der Waals surface area contributed by atoms with Crippen LogP contribution in [0.3, 0.4) is 0 Å². The highest BCUT2D eigenvalue weighted by atomic mass is 32.2. The molecule has 4 rings (SSSR count). The molecule has 0 aliphatic heterocycles. The van der Waals surface area contributed by atoms with Crippen molar-refractivity contribution in [1.29, 1.82) is 0 Å². The normalized spacial score (nSPS) is 11.8. The Labute approximate surface area is 276 Å². The molecule has 3 aromatic carbocycles. The van der Waals surface area contributed by atoms with Gasteiger partial charge in [0, 0.05) is 5.56 Å². The summed E-state index contributed by atoms with van der Waals surface area (Å²) in [6.07, 6.45) is 0. The smallest absolute Gasteiger partial charge is 0.273 e. The number of nitrogens with one attached hydrogen (secondary N) is 6. The molecule has 16 nitrogen and oxygen atoms in total. The Bertz CT molecular complexity index is 1930. The summed E-state index contributed by atoms with van der Waals surface area (Å²) in [5.74, 6) is -3.61. The number of aromatic nitrogens is 1. The lowest BCUT2D eigenvalue weighted by Crippen LogP contribution is -2.44. The number of carbonyl (C=O) groups excluding carboxylic acids is 3. The molecular formula is C29H29N7O9S3. The van der Waals surface area contributed by atoms with Gasteiger partial charge in [-0.05, 0) is 69.3 Å². The molecular weight excluding hydrogens is 687 g/mol. The summed E-state index contributed by atoms with van der Waals surface area (Å²) in [7, 11) is -12.8. The third kappa shape index (κ3) is 9.06. The van der Waals surface area contributed by atoms with Gasteiger partial charge in [0.15, 0.2) is 0 Å². The van der Waals surface area contributed by atoms with Gasteiger partial charge in [-0.3, -0.25) is 30.7 Å². The molecule has 3 amide bonds. The first-order chi connectivity index (χ1) is 22.5. The molecule has 4 aromatic rings. The quantitative estimate of drug-likeness (QED) is 0.113. The highest BCUT2D eigenvalue weighted by molar-refractivity contribution is 7.90. The maximum absolute atomic E-state index is 13.0. The lowest BCUT2D eigenvalue weighted by molar-refractivity contribution is 0.0934. The van der Waals surface area contributed by atoms with Crippen molar-refractivity contribution in [3.8, 4) is 0 Å². The zero-order chi connectivity index (χ0) is 35.3. The lowest BCUT2D eigenvalue weighted by Gasteiger charge is -2.13. The summed E-state index contributed by atoms with van der Waals surface area (Å²) in [6.45, 7) is 5.24. The largest absolute Gasteiger partial charge is 0.284 e. The van der Waals surface area contributed by atoms with Crippen LogP contribution in [0.4, 0.5) is 0 Å². The van der Waals surface area contributed by atoms with E-state index < -0.39 is 64.7 Å². The van der Waals surface area contributed by atoms with Gasteiger partial charge in [0.05, 0.1) is 14.7 Å². The molecule has 0 saturated heterocycles.